The SMILES string of the molecule is COCCNC(=O)c1ccccc1NC(=O)CCCO. The summed E-state index contributed by atoms with van der Waals surface area (Å²) in [5.41, 5.74) is 0.867. The predicted molar refractivity (Wildman–Crippen MR) is 75.6 cm³/mol. The first-order chi connectivity index (χ1) is 9.69. The number of amides is 2. The molecule has 2 amide bonds. The number of para-hydroxylation sites is 1. The van der Waals surface area contributed by atoms with E-state index in [9.17, 15) is 9.59 Å². The molecule has 0 spiro atoms. The highest BCUT2D eigenvalue weighted by atomic mass is 16.5. The number of benzene rings is 1. The second kappa shape index (κ2) is 9.06. The van der Waals surface area contributed by atoms with Gasteiger partial charge in [-0.25, -0.2) is 0 Å². The van der Waals surface area contributed by atoms with Crippen molar-refractivity contribution >= 4 is 17.5 Å². The number of methoxy groups -OCH3 is 1. The zero-order valence-corrected chi connectivity index (χ0v) is 11.5. The lowest BCUT2D eigenvalue weighted by atomic mass is 10.1. The molecule has 0 aliphatic carbocycles. The van der Waals surface area contributed by atoms with Crippen LogP contribution in [0.1, 0.15) is 23.2 Å². The maximum Gasteiger partial charge on any atom is 0.253 e. The average molecular weight is 280 g/mol. The molecule has 0 unspecified atom stereocenters. The standard InChI is InChI=1S/C14H20N2O4/c1-20-10-8-15-14(19)11-5-2-3-6-12(11)16-13(18)7-4-9-17/h2-3,5-6,17H,4,7-10H2,1H3,(H,15,19)(H,16,18). The molecular weight excluding hydrogens is 260 g/mol. The molecular formula is C14H20N2O4. The van der Waals surface area contributed by atoms with E-state index in [-0.39, 0.29) is 24.8 Å². The first-order valence-electron chi connectivity index (χ1n) is 6.46. The number of ether oxygens (including phenoxy) is 1. The number of anilines is 1. The van der Waals surface area contributed by atoms with Crippen molar-refractivity contribution in [1.82, 2.24) is 5.32 Å². The second-order valence-corrected chi connectivity index (χ2v) is 4.17. The van der Waals surface area contributed by atoms with Crippen molar-refractivity contribution in [3.63, 3.8) is 0 Å². The van der Waals surface area contributed by atoms with Crippen molar-refractivity contribution in [3.05, 3.63) is 29.8 Å². The third kappa shape index (κ3) is 5.38. The Kier molecular flexibility index (Phi) is 7.31. The monoisotopic (exact) mass is 280 g/mol. The van der Waals surface area contributed by atoms with Crippen molar-refractivity contribution in [2.75, 3.05) is 32.2 Å². The predicted octanol–water partition coefficient (Wildman–Crippen LogP) is 0.774. The van der Waals surface area contributed by atoms with E-state index in [1.54, 1.807) is 31.4 Å². The molecule has 0 fully saturated rings. The van der Waals surface area contributed by atoms with Crippen molar-refractivity contribution < 1.29 is 19.4 Å². The van der Waals surface area contributed by atoms with E-state index in [0.717, 1.165) is 0 Å². The summed E-state index contributed by atoms with van der Waals surface area (Å²) in [7, 11) is 1.56. The molecule has 110 valence electrons. The molecule has 6 nitrogen and oxygen atoms in total. The van der Waals surface area contributed by atoms with E-state index in [2.05, 4.69) is 10.6 Å². The van der Waals surface area contributed by atoms with Gasteiger partial charge >= 0.3 is 0 Å². The minimum atomic E-state index is -0.264. The smallest absolute Gasteiger partial charge is 0.253 e. The Bertz CT molecular complexity index is 449. The third-order valence-electron chi connectivity index (χ3n) is 2.60. The molecule has 0 bridgehead atoms. The fourth-order valence-corrected chi connectivity index (χ4v) is 1.60. The molecule has 0 saturated carbocycles. The van der Waals surface area contributed by atoms with Gasteiger partial charge < -0.3 is 20.5 Å². The summed E-state index contributed by atoms with van der Waals surface area (Å²) in [4.78, 5) is 23.6. The van der Waals surface area contributed by atoms with Crippen LogP contribution >= 0.6 is 0 Å². The highest BCUT2D eigenvalue weighted by molar-refractivity contribution is 6.03. The highest BCUT2D eigenvalue weighted by Crippen LogP contribution is 2.15. The zero-order valence-electron chi connectivity index (χ0n) is 11.5. The van der Waals surface area contributed by atoms with Gasteiger partial charge in [0.05, 0.1) is 17.9 Å². The molecule has 3 N–H and O–H groups in total. The van der Waals surface area contributed by atoms with E-state index >= 15 is 0 Å². The van der Waals surface area contributed by atoms with Crippen LogP contribution in [0.2, 0.25) is 0 Å². The van der Waals surface area contributed by atoms with Crippen LogP contribution in [-0.4, -0.2) is 43.8 Å². The molecule has 1 rings (SSSR count). The summed E-state index contributed by atoms with van der Waals surface area (Å²) in [6, 6.07) is 6.79. The molecule has 0 atom stereocenters. The molecule has 0 saturated heterocycles. The largest absolute Gasteiger partial charge is 0.396 e. The molecule has 6 heteroatoms. The number of carbonyl (C=O) groups excluding carboxylic acids is 2. The Balaban J connectivity index is 2.67. The van der Waals surface area contributed by atoms with Crippen LogP contribution in [0, 0.1) is 0 Å². The summed E-state index contributed by atoms with van der Waals surface area (Å²) in [5, 5.41) is 14.1. The lowest BCUT2D eigenvalue weighted by Crippen LogP contribution is -2.28. The second-order valence-electron chi connectivity index (χ2n) is 4.17. The first kappa shape index (κ1) is 16.1. The van der Waals surface area contributed by atoms with E-state index in [1.165, 1.54) is 0 Å². The van der Waals surface area contributed by atoms with Crippen molar-refractivity contribution in [3.8, 4) is 0 Å². The number of nitrogens with one attached hydrogen (secondary N) is 2. The molecule has 0 aliphatic heterocycles. The van der Waals surface area contributed by atoms with Crippen molar-refractivity contribution in [2.45, 2.75) is 12.8 Å². The van der Waals surface area contributed by atoms with Crippen LogP contribution in [0.3, 0.4) is 0 Å². The van der Waals surface area contributed by atoms with Gasteiger partial charge in [-0.15, -0.1) is 0 Å². The molecule has 1 aromatic rings. The third-order valence-corrected chi connectivity index (χ3v) is 2.60. The molecule has 0 heterocycles. The summed E-state index contributed by atoms with van der Waals surface area (Å²) >= 11 is 0. The van der Waals surface area contributed by atoms with E-state index in [1.807, 2.05) is 0 Å². The number of aliphatic hydroxyl groups excluding tert-OH is 1. The quantitative estimate of drug-likeness (QED) is 0.614. The van der Waals surface area contributed by atoms with Gasteiger partial charge in [0, 0.05) is 26.7 Å². The van der Waals surface area contributed by atoms with Crippen LogP contribution in [0.15, 0.2) is 24.3 Å². The molecule has 0 aliphatic rings. The number of rotatable bonds is 8. The topological polar surface area (TPSA) is 87.7 Å². The Morgan fingerprint density at radius 3 is 2.75 bits per heavy atom. The molecule has 1 aromatic carbocycles. The van der Waals surface area contributed by atoms with Gasteiger partial charge in [0.1, 0.15) is 0 Å². The molecule has 0 radical (unpaired) electrons. The highest BCUT2D eigenvalue weighted by Gasteiger charge is 2.12. The molecule has 20 heavy (non-hydrogen) atoms. The van der Waals surface area contributed by atoms with Crippen LogP contribution in [0.25, 0.3) is 0 Å². The van der Waals surface area contributed by atoms with Gasteiger partial charge in [-0.05, 0) is 18.6 Å². The summed E-state index contributed by atoms with van der Waals surface area (Å²) in [6.45, 7) is 0.797. The van der Waals surface area contributed by atoms with Gasteiger partial charge in [-0.2, -0.15) is 0 Å². The number of hydrogen-bond donors (Lipinski definition) is 3. The van der Waals surface area contributed by atoms with Gasteiger partial charge in [0.2, 0.25) is 5.91 Å². The summed E-state index contributed by atoms with van der Waals surface area (Å²) < 4.78 is 4.86. The Labute approximate surface area is 118 Å². The van der Waals surface area contributed by atoms with Gasteiger partial charge in [0.15, 0.2) is 0 Å². The van der Waals surface area contributed by atoms with Gasteiger partial charge in [0.25, 0.3) is 5.91 Å². The summed E-state index contributed by atoms with van der Waals surface area (Å²) in [6.07, 6.45) is 0.615. The fraction of sp³-hybridized carbons (Fsp3) is 0.429. The first-order valence-corrected chi connectivity index (χ1v) is 6.46. The van der Waals surface area contributed by atoms with Crippen molar-refractivity contribution in [1.29, 1.82) is 0 Å². The number of carbonyl (C=O) groups is 2. The Morgan fingerprint density at radius 2 is 2.05 bits per heavy atom. The lowest BCUT2D eigenvalue weighted by molar-refractivity contribution is -0.116. The van der Waals surface area contributed by atoms with E-state index in [4.69, 9.17) is 9.84 Å². The fourth-order valence-electron chi connectivity index (χ4n) is 1.60. The van der Waals surface area contributed by atoms with E-state index in [0.29, 0.717) is 30.8 Å². The Morgan fingerprint density at radius 1 is 1.30 bits per heavy atom. The van der Waals surface area contributed by atoms with Gasteiger partial charge in [-0.3, -0.25) is 9.59 Å². The van der Waals surface area contributed by atoms with Crippen LogP contribution in [0.4, 0.5) is 5.69 Å². The van der Waals surface area contributed by atoms with Crippen molar-refractivity contribution in [2.24, 2.45) is 0 Å². The van der Waals surface area contributed by atoms with E-state index < -0.39 is 0 Å². The minimum Gasteiger partial charge on any atom is -0.396 e. The number of aliphatic hydroxyl groups is 1. The zero-order chi connectivity index (χ0) is 14.8. The lowest BCUT2D eigenvalue weighted by Gasteiger charge is -2.11. The van der Waals surface area contributed by atoms with Gasteiger partial charge in [-0.1, -0.05) is 12.1 Å². The Hall–Kier alpha value is -1.92. The minimum absolute atomic E-state index is 0.0351. The molecule has 0 aromatic heterocycles. The summed E-state index contributed by atoms with van der Waals surface area (Å²) in [5.74, 6) is -0.490. The maximum absolute atomic E-state index is 12.0. The van der Waals surface area contributed by atoms with Crippen LogP contribution in [0.5, 0.6) is 0 Å². The number of hydrogen-bond acceptors (Lipinski definition) is 4. The maximum atomic E-state index is 12.0. The van der Waals surface area contributed by atoms with Crippen LogP contribution < -0.4 is 10.6 Å². The average Bonchev–Trinajstić information content (AvgIpc) is 2.46. The normalized spacial score (nSPS) is 10.1. The van der Waals surface area contributed by atoms with Crippen LogP contribution in [-0.2, 0) is 9.53 Å².